The number of nitrogens with one attached hydrogen (secondary N) is 1. The molecular weight excluding hydrogens is 187 g/mol. The van der Waals surface area contributed by atoms with Gasteiger partial charge in [-0.2, -0.15) is 0 Å². The Morgan fingerprint density at radius 2 is 2.09 bits per heavy atom. The third-order valence-corrected chi connectivity index (χ3v) is 3.14. The first kappa shape index (κ1) is 11.4. The number of nitrogens with two attached hydrogens (primary N) is 1. The van der Waals surface area contributed by atoms with Crippen LogP contribution in [-0.4, -0.2) is 35.2 Å². The third kappa shape index (κ3) is 10.4. The van der Waals surface area contributed by atoms with Gasteiger partial charge >= 0.3 is 6.80 Å². The Balaban J connectivity index is 3.09. The lowest BCUT2D eigenvalue weighted by Crippen LogP contribution is -2.24. The molecule has 11 heavy (non-hydrogen) atoms. The van der Waals surface area contributed by atoms with Gasteiger partial charge in [-0.25, -0.2) is 4.57 Å². The van der Waals surface area contributed by atoms with E-state index in [9.17, 15) is 4.57 Å². The molecule has 0 aromatic heterocycles. The highest BCUT2D eigenvalue weighted by atomic mass is 32.7. The summed E-state index contributed by atoms with van der Waals surface area (Å²) in [5, 5.41) is 2.92. The van der Waals surface area contributed by atoms with E-state index in [4.69, 9.17) is 15.5 Å². The molecule has 0 aliphatic rings. The summed E-state index contributed by atoms with van der Waals surface area (Å²) in [6, 6.07) is 0. The summed E-state index contributed by atoms with van der Waals surface area (Å²) < 4.78 is 10.3. The summed E-state index contributed by atoms with van der Waals surface area (Å²) in [7, 11) is 0. The molecule has 0 spiro atoms. The van der Waals surface area contributed by atoms with Gasteiger partial charge in [0.15, 0.2) is 0 Å². The van der Waals surface area contributed by atoms with Gasteiger partial charge in [-0.3, -0.25) is 0 Å². The molecule has 0 radical (unpaired) electrons. The van der Waals surface area contributed by atoms with E-state index in [0.717, 1.165) is 0 Å². The van der Waals surface area contributed by atoms with E-state index in [-0.39, 0.29) is 0 Å². The van der Waals surface area contributed by atoms with Crippen LogP contribution in [0.5, 0.6) is 0 Å². The van der Waals surface area contributed by atoms with Gasteiger partial charge < -0.3 is 20.8 Å². The number of hydrogen-bond donors (Lipinski definition) is 4. The predicted molar refractivity (Wildman–Crippen MR) is 46.4 cm³/mol. The Bertz CT molecular complexity index is 139. The minimum atomic E-state index is -3.87. The molecule has 7 heteroatoms. The minimum absolute atomic E-state index is 0.407. The van der Waals surface area contributed by atoms with Crippen molar-refractivity contribution in [3.05, 3.63) is 0 Å². The van der Waals surface area contributed by atoms with Crippen molar-refractivity contribution < 1.29 is 14.4 Å². The highest BCUT2D eigenvalue weighted by Gasteiger charge is 2.11. The van der Waals surface area contributed by atoms with Crippen LogP contribution in [0.1, 0.15) is 0 Å². The molecule has 0 aliphatic heterocycles. The van der Waals surface area contributed by atoms with Crippen molar-refractivity contribution in [3.63, 3.8) is 0 Å². The Morgan fingerprint density at radius 3 is 2.55 bits per heavy atom. The molecule has 0 saturated carbocycles. The minimum Gasteiger partial charge on any atom is -0.329 e. The maximum absolute atomic E-state index is 10.3. The lowest BCUT2D eigenvalue weighted by molar-refractivity contribution is 0.397. The van der Waals surface area contributed by atoms with Crippen molar-refractivity contribution in [2.75, 3.05) is 25.4 Å². The molecule has 0 unspecified atom stereocenters. The van der Waals surface area contributed by atoms with Crippen LogP contribution >= 0.6 is 18.2 Å². The molecule has 0 saturated heterocycles. The van der Waals surface area contributed by atoms with Crippen LogP contribution in [0.25, 0.3) is 0 Å². The molecule has 0 heterocycles. The van der Waals surface area contributed by atoms with Crippen LogP contribution in [0.2, 0.25) is 0 Å². The smallest absolute Gasteiger partial charge is 0.329 e. The quantitative estimate of drug-likeness (QED) is 0.336. The van der Waals surface area contributed by atoms with E-state index in [1.807, 2.05) is 0 Å². The van der Waals surface area contributed by atoms with Gasteiger partial charge in [0.2, 0.25) is 0 Å². The van der Waals surface area contributed by atoms with E-state index in [1.165, 1.54) is 0 Å². The molecule has 0 fully saturated rings. The topological polar surface area (TPSA) is 95.6 Å². The summed E-state index contributed by atoms with van der Waals surface area (Å²) in [6.45, 7) is -2.07. The maximum Gasteiger partial charge on any atom is 0.384 e. The van der Waals surface area contributed by atoms with Gasteiger partial charge in [0.05, 0.1) is 0 Å². The molecule has 5 nitrogen and oxygen atoms in total. The summed E-state index contributed by atoms with van der Waals surface area (Å²) >= 11 is 0.647. The van der Waals surface area contributed by atoms with Crippen molar-refractivity contribution in [1.29, 1.82) is 0 Å². The second-order valence-electron chi connectivity index (χ2n) is 1.86. The van der Waals surface area contributed by atoms with Gasteiger partial charge in [0.1, 0.15) is 0 Å². The fraction of sp³-hybridized carbons (Fsp3) is 1.00. The second kappa shape index (κ2) is 5.99. The van der Waals surface area contributed by atoms with E-state index in [2.05, 4.69) is 5.32 Å². The first-order valence-corrected chi connectivity index (χ1v) is 6.37. The fourth-order valence-electron chi connectivity index (χ4n) is 0.464. The van der Waals surface area contributed by atoms with Gasteiger partial charge in [-0.15, -0.1) is 0 Å². The molecule has 0 bridgehead atoms. The molecule has 0 aromatic carbocycles. The standard InChI is InChI=1S/C4H13N2O3PS/c5-1-2-6-3-4-11-10(7,8)9/h6H,1-5H2,(H2,7,8,9). The van der Waals surface area contributed by atoms with Gasteiger partial charge in [-0.05, 0) is 11.4 Å². The first-order valence-electron chi connectivity index (χ1n) is 3.17. The summed E-state index contributed by atoms with van der Waals surface area (Å²) in [4.78, 5) is 16.8. The summed E-state index contributed by atoms with van der Waals surface area (Å²) in [5.74, 6) is 0.407. The normalized spacial score (nSPS) is 11.9. The zero-order valence-corrected chi connectivity index (χ0v) is 7.77. The molecule has 5 N–H and O–H groups in total. The van der Waals surface area contributed by atoms with Crippen LogP contribution in [-0.2, 0) is 4.57 Å². The van der Waals surface area contributed by atoms with Crippen LogP contribution in [0.4, 0.5) is 0 Å². The SMILES string of the molecule is NCCNCCSP(=O)(O)O. The van der Waals surface area contributed by atoms with Crippen LogP contribution in [0.15, 0.2) is 0 Å². The Labute approximate surface area is 69.6 Å². The monoisotopic (exact) mass is 200 g/mol. The Morgan fingerprint density at radius 1 is 1.45 bits per heavy atom. The zero-order valence-electron chi connectivity index (χ0n) is 6.06. The highest BCUT2D eigenvalue weighted by Crippen LogP contribution is 2.49. The van der Waals surface area contributed by atoms with Gasteiger partial charge in [0, 0.05) is 25.4 Å². The molecule has 0 amide bonds. The van der Waals surface area contributed by atoms with Crippen molar-refractivity contribution in [1.82, 2.24) is 5.32 Å². The molecule has 0 rings (SSSR count). The average molecular weight is 200 g/mol. The molecule has 0 aromatic rings. The van der Waals surface area contributed by atoms with Crippen molar-refractivity contribution in [3.8, 4) is 0 Å². The second-order valence-corrected chi connectivity index (χ2v) is 5.71. The van der Waals surface area contributed by atoms with E-state index >= 15 is 0 Å². The number of hydrogen-bond acceptors (Lipinski definition) is 4. The first-order chi connectivity index (χ1) is 5.06. The maximum atomic E-state index is 10.3. The summed E-state index contributed by atoms with van der Waals surface area (Å²) in [5.41, 5.74) is 5.17. The van der Waals surface area contributed by atoms with Crippen LogP contribution < -0.4 is 11.1 Å². The van der Waals surface area contributed by atoms with Crippen LogP contribution in [0.3, 0.4) is 0 Å². The number of rotatable bonds is 6. The molecule has 68 valence electrons. The van der Waals surface area contributed by atoms with Crippen molar-refractivity contribution >= 4 is 18.2 Å². The Hall–Kier alpha value is 0.420. The summed E-state index contributed by atoms with van der Waals surface area (Å²) in [6.07, 6.45) is 0. The van der Waals surface area contributed by atoms with E-state index < -0.39 is 6.80 Å². The average Bonchev–Trinajstić information content (AvgIpc) is 1.85. The van der Waals surface area contributed by atoms with E-state index in [1.54, 1.807) is 0 Å². The zero-order chi connectivity index (χ0) is 8.74. The van der Waals surface area contributed by atoms with Gasteiger partial charge in [0.25, 0.3) is 0 Å². The van der Waals surface area contributed by atoms with Gasteiger partial charge in [-0.1, -0.05) is 0 Å². The molecule has 0 atom stereocenters. The lowest BCUT2D eigenvalue weighted by atomic mass is 10.6. The molecular formula is C4H13N2O3PS. The Kier molecular flexibility index (Phi) is 6.22. The lowest BCUT2D eigenvalue weighted by Gasteiger charge is -2.03. The largest absolute Gasteiger partial charge is 0.384 e. The fourth-order valence-corrected chi connectivity index (χ4v) is 1.92. The van der Waals surface area contributed by atoms with Crippen molar-refractivity contribution in [2.45, 2.75) is 0 Å². The van der Waals surface area contributed by atoms with E-state index in [0.29, 0.717) is 36.8 Å². The van der Waals surface area contributed by atoms with Crippen LogP contribution in [0, 0.1) is 0 Å². The van der Waals surface area contributed by atoms with Crippen molar-refractivity contribution in [2.24, 2.45) is 5.73 Å². The third-order valence-electron chi connectivity index (χ3n) is 0.859. The molecule has 0 aliphatic carbocycles. The highest BCUT2D eigenvalue weighted by molar-refractivity contribution is 8.54. The predicted octanol–water partition coefficient (Wildman–Crippen LogP) is -0.639.